The molecule has 102 valence electrons. The lowest BCUT2D eigenvalue weighted by Crippen LogP contribution is -2.48. The van der Waals surface area contributed by atoms with Crippen LogP contribution in [0.2, 0.25) is 0 Å². The molecule has 1 aliphatic rings. The van der Waals surface area contributed by atoms with E-state index in [1.54, 1.807) is 11.3 Å². The first-order valence-corrected chi connectivity index (χ1v) is 7.48. The van der Waals surface area contributed by atoms with Gasteiger partial charge < -0.3 is 15.0 Å². The van der Waals surface area contributed by atoms with Crippen molar-refractivity contribution in [3.8, 4) is 0 Å². The lowest BCUT2D eigenvalue weighted by atomic mass is 10.1. The molecule has 3 atom stereocenters. The number of hydrogen-bond acceptors (Lipinski definition) is 5. The summed E-state index contributed by atoms with van der Waals surface area (Å²) < 4.78 is 5.73. The molecule has 0 aliphatic carbocycles. The first-order chi connectivity index (χ1) is 8.65. The van der Waals surface area contributed by atoms with E-state index in [4.69, 9.17) is 4.74 Å². The molecule has 0 aromatic carbocycles. The van der Waals surface area contributed by atoms with Crippen LogP contribution in [-0.4, -0.2) is 37.3 Å². The lowest BCUT2D eigenvalue weighted by Gasteiger charge is -2.38. The highest BCUT2D eigenvalue weighted by Gasteiger charge is 2.27. The minimum atomic E-state index is 0.293. The maximum atomic E-state index is 5.73. The molecular weight excluding hydrogens is 246 g/mol. The van der Waals surface area contributed by atoms with Crippen LogP contribution >= 0.6 is 11.3 Å². The van der Waals surface area contributed by atoms with Crippen LogP contribution < -0.4 is 10.2 Å². The molecule has 3 unspecified atom stereocenters. The molecule has 0 saturated carbocycles. The van der Waals surface area contributed by atoms with Gasteiger partial charge in [0.1, 0.15) is 0 Å². The zero-order valence-corrected chi connectivity index (χ0v) is 12.5. The topological polar surface area (TPSA) is 37.4 Å². The van der Waals surface area contributed by atoms with Gasteiger partial charge in [-0.15, -0.1) is 11.3 Å². The van der Waals surface area contributed by atoms with E-state index in [1.165, 1.54) is 4.88 Å². The Bertz CT molecular complexity index is 382. The summed E-state index contributed by atoms with van der Waals surface area (Å²) in [4.78, 5) is 8.29. The minimum absolute atomic E-state index is 0.293. The monoisotopic (exact) mass is 269 g/mol. The number of nitrogens with zero attached hydrogens (tertiary/aromatic N) is 2. The molecule has 1 saturated heterocycles. The predicted octanol–water partition coefficient (Wildman–Crippen LogP) is 2.43. The number of morpholine rings is 1. The molecule has 1 N–H and O–H groups in total. The summed E-state index contributed by atoms with van der Waals surface area (Å²) >= 11 is 1.79. The summed E-state index contributed by atoms with van der Waals surface area (Å²) in [6.45, 7) is 8.26. The van der Waals surface area contributed by atoms with Gasteiger partial charge in [0, 0.05) is 23.7 Å². The standard InChI is InChI=1S/C13H23N3OS/c1-5-11-8-17-9(2)7-16(11)13-15-6-12(18-13)10(3)14-4/h6,9-11,14H,5,7-8H2,1-4H3. The highest BCUT2D eigenvalue weighted by atomic mass is 32.1. The van der Waals surface area contributed by atoms with Gasteiger partial charge in [0.05, 0.1) is 18.8 Å². The van der Waals surface area contributed by atoms with Gasteiger partial charge in [-0.2, -0.15) is 0 Å². The number of thiazole rings is 1. The molecule has 2 heterocycles. The summed E-state index contributed by atoms with van der Waals surface area (Å²) in [6, 6.07) is 0.833. The van der Waals surface area contributed by atoms with Gasteiger partial charge in [-0.25, -0.2) is 4.98 Å². The average Bonchev–Trinajstić information content (AvgIpc) is 2.87. The second-order valence-electron chi connectivity index (χ2n) is 4.91. The maximum Gasteiger partial charge on any atom is 0.185 e. The van der Waals surface area contributed by atoms with E-state index in [9.17, 15) is 0 Å². The smallest absolute Gasteiger partial charge is 0.185 e. The van der Waals surface area contributed by atoms with Gasteiger partial charge in [0.25, 0.3) is 0 Å². The molecule has 1 aromatic heterocycles. The second kappa shape index (κ2) is 5.99. The van der Waals surface area contributed by atoms with Crippen molar-refractivity contribution in [3.63, 3.8) is 0 Å². The number of rotatable bonds is 4. The summed E-state index contributed by atoms with van der Waals surface area (Å²) in [6.07, 6.45) is 3.39. The molecule has 1 aliphatic heterocycles. The number of nitrogens with one attached hydrogen (secondary N) is 1. The summed E-state index contributed by atoms with van der Waals surface area (Å²) in [5.41, 5.74) is 0. The molecular formula is C13H23N3OS. The zero-order valence-electron chi connectivity index (χ0n) is 11.6. The van der Waals surface area contributed by atoms with Gasteiger partial charge >= 0.3 is 0 Å². The van der Waals surface area contributed by atoms with E-state index >= 15 is 0 Å². The Kier molecular flexibility index (Phi) is 4.59. The third-order valence-corrected chi connectivity index (χ3v) is 4.77. The highest BCUT2D eigenvalue weighted by molar-refractivity contribution is 7.15. The predicted molar refractivity (Wildman–Crippen MR) is 76.4 cm³/mol. The molecule has 2 rings (SSSR count). The van der Waals surface area contributed by atoms with E-state index in [1.807, 2.05) is 13.2 Å². The van der Waals surface area contributed by atoms with Gasteiger partial charge in [-0.3, -0.25) is 0 Å². The fourth-order valence-corrected chi connectivity index (χ4v) is 3.23. The average molecular weight is 269 g/mol. The second-order valence-corrected chi connectivity index (χ2v) is 5.95. The first kappa shape index (κ1) is 13.8. The van der Waals surface area contributed by atoms with Crippen molar-refractivity contribution < 1.29 is 4.74 Å². The van der Waals surface area contributed by atoms with Crippen molar-refractivity contribution >= 4 is 16.5 Å². The van der Waals surface area contributed by atoms with Crippen LogP contribution in [0, 0.1) is 0 Å². The molecule has 18 heavy (non-hydrogen) atoms. The lowest BCUT2D eigenvalue weighted by molar-refractivity contribution is 0.0299. The van der Waals surface area contributed by atoms with Gasteiger partial charge in [-0.05, 0) is 27.3 Å². The Morgan fingerprint density at radius 3 is 3.11 bits per heavy atom. The fourth-order valence-electron chi connectivity index (χ4n) is 2.17. The van der Waals surface area contributed by atoms with E-state index in [0.717, 1.165) is 24.7 Å². The summed E-state index contributed by atoms with van der Waals surface area (Å²) in [5, 5.41) is 4.39. The number of hydrogen-bond donors (Lipinski definition) is 1. The van der Waals surface area contributed by atoms with Gasteiger partial charge in [0.15, 0.2) is 5.13 Å². The minimum Gasteiger partial charge on any atom is -0.375 e. The van der Waals surface area contributed by atoms with Crippen molar-refractivity contribution in [2.45, 2.75) is 45.4 Å². The van der Waals surface area contributed by atoms with E-state index in [2.05, 4.69) is 36.0 Å². The molecule has 1 aromatic rings. The maximum absolute atomic E-state index is 5.73. The number of ether oxygens (including phenoxy) is 1. The van der Waals surface area contributed by atoms with Crippen molar-refractivity contribution in [2.75, 3.05) is 25.1 Å². The van der Waals surface area contributed by atoms with Crippen molar-refractivity contribution in [3.05, 3.63) is 11.1 Å². The van der Waals surface area contributed by atoms with Crippen LogP contribution in [0.5, 0.6) is 0 Å². The molecule has 0 amide bonds. The third-order valence-electron chi connectivity index (χ3n) is 3.56. The molecule has 4 nitrogen and oxygen atoms in total. The fraction of sp³-hybridized carbons (Fsp3) is 0.769. The van der Waals surface area contributed by atoms with E-state index in [0.29, 0.717) is 18.2 Å². The molecule has 0 radical (unpaired) electrons. The molecule has 5 heteroatoms. The number of aromatic nitrogens is 1. The summed E-state index contributed by atoms with van der Waals surface area (Å²) in [7, 11) is 1.98. The van der Waals surface area contributed by atoms with E-state index < -0.39 is 0 Å². The van der Waals surface area contributed by atoms with Crippen molar-refractivity contribution in [2.24, 2.45) is 0 Å². The van der Waals surface area contributed by atoms with Crippen LogP contribution in [0.4, 0.5) is 5.13 Å². The normalized spacial score (nSPS) is 26.3. The van der Waals surface area contributed by atoms with Crippen LogP contribution in [-0.2, 0) is 4.74 Å². The SMILES string of the molecule is CCC1COC(C)CN1c1ncc(C(C)NC)s1. The third kappa shape index (κ3) is 2.84. The first-order valence-electron chi connectivity index (χ1n) is 6.67. The van der Waals surface area contributed by atoms with Crippen LogP contribution in [0.1, 0.15) is 38.1 Å². The quantitative estimate of drug-likeness (QED) is 0.911. The van der Waals surface area contributed by atoms with Crippen LogP contribution in [0.3, 0.4) is 0 Å². The number of anilines is 1. The van der Waals surface area contributed by atoms with E-state index in [-0.39, 0.29) is 0 Å². The van der Waals surface area contributed by atoms with Crippen molar-refractivity contribution in [1.29, 1.82) is 0 Å². The van der Waals surface area contributed by atoms with Crippen LogP contribution in [0.15, 0.2) is 6.20 Å². The largest absolute Gasteiger partial charge is 0.375 e. The Labute approximate surface area is 113 Å². The van der Waals surface area contributed by atoms with Crippen LogP contribution in [0.25, 0.3) is 0 Å². The molecule has 0 spiro atoms. The zero-order chi connectivity index (χ0) is 13.1. The Hall–Kier alpha value is -0.650. The van der Waals surface area contributed by atoms with Gasteiger partial charge in [0.2, 0.25) is 0 Å². The Balaban J connectivity index is 2.15. The molecule has 1 fully saturated rings. The Morgan fingerprint density at radius 2 is 2.44 bits per heavy atom. The van der Waals surface area contributed by atoms with Crippen molar-refractivity contribution in [1.82, 2.24) is 10.3 Å². The Morgan fingerprint density at radius 1 is 1.67 bits per heavy atom. The summed E-state index contributed by atoms with van der Waals surface area (Å²) in [5.74, 6) is 0. The molecule has 0 bridgehead atoms. The highest BCUT2D eigenvalue weighted by Crippen LogP contribution is 2.30. The van der Waals surface area contributed by atoms with Gasteiger partial charge in [-0.1, -0.05) is 6.92 Å².